The summed E-state index contributed by atoms with van der Waals surface area (Å²) in [6.45, 7) is 6.80. The minimum Gasteiger partial charge on any atom is -0.368 e. The van der Waals surface area contributed by atoms with Gasteiger partial charge in [0.1, 0.15) is 23.2 Å². The number of piperazine rings is 1. The SMILES string of the molecule is CC(=O)N1CCN(c2ccc(Cc3nccc(Nc4ccnc(-c5cccc(C)n5)n4)n3)cc2)CC1. The van der Waals surface area contributed by atoms with Crippen LogP contribution in [0.5, 0.6) is 0 Å². The molecule has 1 amide bonds. The van der Waals surface area contributed by atoms with E-state index in [9.17, 15) is 4.79 Å². The molecule has 1 saturated heterocycles. The number of aromatic nitrogens is 5. The zero-order chi connectivity index (χ0) is 24.9. The first-order chi connectivity index (χ1) is 17.5. The van der Waals surface area contributed by atoms with Crippen LogP contribution in [0.4, 0.5) is 17.3 Å². The molecule has 9 heteroatoms. The van der Waals surface area contributed by atoms with Gasteiger partial charge in [0.05, 0.1) is 0 Å². The number of hydrogen-bond donors (Lipinski definition) is 1. The molecule has 0 radical (unpaired) electrons. The minimum atomic E-state index is 0.144. The van der Waals surface area contributed by atoms with E-state index in [-0.39, 0.29) is 5.91 Å². The molecule has 1 aromatic carbocycles. The lowest BCUT2D eigenvalue weighted by Crippen LogP contribution is -2.48. The van der Waals surface area contributed by atoms with Crippen molar-refractivity contribution in [2.45, 2.75) is 20.3 Å². The van der Waals surface area contributed by atoms with E-state index in [1.165, 1.54) is 5.69 Å². The second-order valence-corrected chi connectivity index (χ2v) is 8.75. The zero-order valence-electron chi connectivity index (χ0n) is 20.4. The van der Waals surface area contributed by atoms with E-state index in [4.69, 9.17) is 0 Å². The van der Waals surface area contributed by atoms with Gasteiger partial charge in [-0.15, -0.1) is 0 Å². The van der Waals surface area contributed by atoms with Crippen LogP contribution in [0.25, 0.3) is 11.5 Å². The van der Waals surface area contributed by atoms with Gasteiger partial charge in [-0.05, 0) is 48.9 Å². The van der Waals surface area contributed by atoms with Crippen LogP contribution < -0.4 is 10.2 Å². The number of nitrogens with one attached hydrogen (secondary N) is 1. The average molecular weight is 481 g/mol. The van der Waals surface area contributed by atoms with E-state index < -0.39 is 0 Å². The number of nitrogens with zero attached hydrogens (tertiary/aromatic N) is 7. The van der Waals surface area contributed by atoms with Crippen molar-refractivity contribution in [3.8, 4) is 11.5 Å². The Morgan fingerprint density at radius 2 is 1.58 bits per heavy atom. The Labute approximate surface area is 210 Å². The number of aryl methyl sites for hydroxylation is 1. The summed E-state index contributed by atoms with van der Waals surface area (Å²) in [5.41, 5.74) is 3.94. The summed E-state index contributed by atoms with van der Waals surface area (Å²) < 4.78 is 0. The minimum absolute atomic E-state index is 0.144. The molecule has 182 valence electrons. The van der Waals surface area contributed by atoms with Gasteiger partial charge in [-0.3, -0.25) is 4.79 Å². The van der Waals surface area contributed by atoms with Crippen molar-refractivity contribution in [2.75, 3.05) is 36.4 Å². The molecule has 4 aromatic rings. The third-order valence-corrected chi connectivity index (χ3v) is 6.12. The molecular formula is C27H28N8O. The molecule has 1 aliphatic rings. The van der Waals surface area contributed by atoms with E-state index in [1.54, 1.807) is 25.4 Å². The van der Waals surface area contributed by atoms with Crippen LogP contribution in [0.15, 0.2) is 67.0 Å². The fourth-order valence-electron chi connectivity index (χ4n) is 4.19. The number of rotatable bonds is 6. The maximum atomic E-state index is 11.6. The smallest absolute Gasteiger partial charge is 0.219 e. The monoisotopic (exact) mass is 480 g/mol. The number of anilines is 3. The van der Waals surface area contributed by atoms with Gasteiger partial charge in [0.15, 0.2) is 5.82 Å². The molecule has 1 N–H and O–H groups in total. The van der Waals surface area contributed by atoms with E-state index >= 15 is 0 Å². The molecule has 36 heavy (non-hydrogen) atoms. The van der Waals surface area contributed by atoms with E-state index in [0.717, 1.165) is 49.0 Å². The molecule has 1 aliphatic heterocycles. The predicted octanol–water partition coefficient (Wildman–Crippen LogP) is 3.64. The van der Waals surface area contributed by atoms with Gasteiger partial charge in [0.2, 0.25) is 5.91 Å². The summed E-state index contributed by atoms with van der Waals surface area (Å²) in [7, 11) is 0. The first-order valence-corrected chi connectivity index (χ1v) is 12.0. The Bertz CT molecular complexity index is 1350. The second-order valence-electron chi connectivity index (χ2n) is 8.75. The molecule has 0 spiro atoms. The molecule has 0 unspecified atom stereocenters. The number of pyridine rings is 1. The Kier molecular flexibility index (Phi) is 6.79. The van der Waals surface area contributed by atoms with Crippen molar-refractivity contribution >= 4 is 23.2 Å². The number of hydrogen-bond acceptors (Lipinski definition) is 8. The summed E-state index contributed by atoms with van der Waals surface area (Å²) in [5.74, 6) is 2.73. The molecule has 1 fully saturated rings. The van der Waals surface area contributed by atoms with Crippen LogP contribution in [0.2, 0.25) is 0 Å². The van der Waals surface area contributed by atoms with Gasteiger partial charge >= 0.3 is 0 Å². The highest BCUT2D eigenvalue weighted by molar-refractivity contribution is 5.73. The van der Waals surface area contributed by atoms with Crippen molar-refractivity contribution in [3.05, 3.63) is 84.1 Å². The topological polar surface area (TPSA) is 100 Å². The lowest BCUT2D eigenvalue weighted by molar-refractivity contribution is -0.129. The Morgan fingerprint density at radius 3 is 2.31 bits per heavy atom. The first-order valence-electron chi connectivity index (χ1n) is 12.0. The normalized spacial score (nSPS) is 13.5. The molecule has 4 heterocycles. The van der Waals surface area contributed by atoms with Crippen LogP contribution in [0.1, 0.15) is 24.0 Å². The summed E-state index contributed by atoms with van der Waals surface area (Å²) in [5, 5.41) is 3.25. The molecule has 0 aliphatic carbocycles. The Balaban J connectivity index is 1.23. The molecular weight excluding hydrogens is 452 g/mol. The molecule has 9 nitrogen and oxygen atoms in total. The van der Waals surface area contributed by atoms with Gasteiger partial charge in [-0.25, -0.2) is 24.9 Å². The third-order valence-electron chi connectivity index (χ3n) is 6.12. The lowest BCUT2D eigenvalue weighted by Gasteiger charge is -2.35. The van der Waals surface area contributed by atoms with Gasteiger partial charge < -0.3 is 15.1 Å². The fourth-order valence-corrected chi connectivity index (χ4v) is 4.19. The van der Waals surface area contributed by atoms with Crippen molar-refractivity contribution in [2.24, 2.45) is 0 Å². The summed E-state index contributed by atoms with van der Waals surface area (Å²) in [4.78, 5) is 38.3. The van der Waals surface area contributed by atoms with Gasteiger partial charge in [-0.2, -0.15) is 0 Å². The second kappa shape index (κ2) is 10.5. The lowest BCUT2D eigenvalue weighted by atomic mass is 10.1. The van der Waals surface area contributed by atoms with E-state index in [2.05, 4.69) is 59.4 Å². The van der Waals surface area contributed by atoms with Crippen LogP contribution in [0, 0.1) is 6.92 Å². The van der Waals surface area contributed by atoms with Gasteiger partial charge in [0.25, 0.3) is 0 Å². The average Bonchev–Trinajstić information content (AvgIpc) is 2.90. The van der Waals surface area contributed by atoms with Crippen LogP contribution in [-0.2, 0) is 11.2 Å². The van der Waals surface area contributed by atoms with Crippen molar-refractivity contribution in [3.63, 3.8) is 0 Å². The Morgan fingerprint density at radius 1 is 0.861 bits per heavy atom. The zero-order valence-corrected chi connectivity index (χ0v) is 20.4. The number of benzene rings is 1. The van der Waals surface area contributed by atoms with Gasteiger partial charge in [0, 0.05) is 63.3 Å². The van der Waals surface area contributed by atoms with Crippen LogP contribution in [0.3, 0.4) is 0 Å². The van der Waals surface area contributed by atoms with Crippen LogP contribution in [-0.4, -0.2) is 61.9 Å². The Hall–Kier alpha value is -4.40. The largest absolute Gasteiger partial charge is 0.368 e. The predicted molar refractivity (Wildman–Crippen MR) is 139 cm³/mol. The highest BCUT2D eigenvalue weighted by atomic mass is 16.2. The maximum Gasteiger partial charge on any atom is 0.219 e. The molecule has 0 bridgehead atoms. The summed E-state index contributed by atoms with van der Waals surface area (Å²) in [6.07, 6.45) is 4.08. The highest BCUT2D eigenvalue weighted by Gasteiger charge is 2.18. The molecule has 0 saturated carbocycles. The molecule has 5 rings (SSSR count). The highest BCUT2D eigenvalue weighted by Crippen LogP contribution is 2.20. The number of carbonyl (C=O) groups excluding carboxylic acids is 1. The number of amides is 1. The third kappa shape index (κ3) is 5.63. The maximum absolute atomic E-state index is 11.6. The summed E-state index contributed by atoms with van der Waals surface area (Å²) >= 11 is 0. The molecule has 0 atom stereocenters. The van der Waals surface area contributed by atoms with Crippen molar-refractivity contribution in [1.29, 1.82) is 0 Å². The van der Waals surface area contributed by atoms with Crippen molar-refractivity contribution in [1.82, 2.24) is 29.8 Å². The fraction of sp³-hybridized carbons (Fsp3) is 0.259. The molecule has 3 aromatic heterocycles. The van der Waals surface area contributed by atoms with Gasteiger partial charge in [-0.1, -0.05) is 18.2 Å². The number of carbonyl (C=O) groups is 1. The van der Waals surface area contributed by atoms with Crippen LogP contribution >= 0.6 is 0 Å². The van der Waals surface area contributed by atoms with E-state index in [1.807, 2.05) is 36.1 Å². The van der Waals surface area contributed by atoms with Crippen molar-refractivity contribution < 1.29 is 4.79 Å². The standard InChI is InChI=1S/C27H28N8O/c1-19-4-3-5-23(30-19)27-29-13-11-25(33-27)31-24-10-12-28-26(32-24)18-21-6-8-22(9-7-21)35-16-14-34(15-17-35)20(2)36/h3-13H,14-18H2,1-2H3,(H,28,29,31,32,33). The first kappa shape index (κ1) is 23.3. The van der Waals surface area contributed by atoms with E-state index in [0.29, 0.717) is 23.9 Å². The summed E-state index contributed by atoms with van der Waals surface area (Å²) in [6, 6.07) is 17.9. The quantitative estimate of drug-likeness (QED) is 0.447.